The van der Waals surface area contributed by atoms with Gasteiger partial charge in [-0.15, -0.1) is 11.3 Å². The molecule has 1 amide bonds. The first-order valence-electron chi connectivity index (χ1n) is 9.25. The van der Waals surface area contributed by atoms with Gasteiger partial charge >= 0.3 is 0 Å². The van der Waals surface area contributed by atoms with Gasteiger partial charge in [0.2, 0.25) is 0 Å². The predicted molar refractivity (Wildman–Crippen MR) is 109 cm³/mol. The maximum atomic E-state index is 12.8. The van der Waals surface area contributed by atoms with Crippen LogP contribution in [0, 0.1) is 10.1 Å². The second-order valence-electron chi connectivity index (χ2n) is 7.22. The summed E-state index contributed by atoms with van der Waals surface area (Å²) in [5.41, 5.74) is 2.25. The van der Waals surface area contributed by atoms with Crippen LogP contribution in [0.3, 0.4) is 0 Å². The Kier molecular flexibility index (Phi) is 4.14. The Labute approximate surface area is 170 Å². The van der Waals surface area contributed by atoms with Crippen molar-refractivity contribution in [1.82, 2.24) is 10.2 Å². The zero-order valence-corrected chi connectivity index (χ0v) is 16.4. The van der Waals surface area contributed by atoms with Crippen molar-refractivity contribution in [2.24, 2.45) is 0 Å². The average molecular weight is 410 g/mol. The fraction of sp³-hybridized carbons (Fsp3) is 0.250. The average Bonchev–Trinajstić information content (AvgIpc) is 3.32. The Hall–Kier alpha value is -3.17. The topological polar surface area (TPSA) is 101 Å². The first-order valence-corrected chi connectivity index (χ1v) is 10.1. The molecular weight excluding hydrogens is 392 g/mol. The molecule has 0 spiro atoms. The van der Waals surface area contributed by atoms with Crippen molar-refractivity contribution >= 4 is 27.9 Å². The highest BCUT2D eigenvalue weighted by molar-refractivity contribution is 7.16. The number of hydrogen-bond acceptors (Lipinski definition) is 7. The Bertz CT molecular complexity index is 1140. The first kappa shape index (κ1) is 17.9. The van der Waals surface area contributed by atoms with Crippen molar-refractivity contribution < 1.29 is 14.1 Å². The molecule has 4 heterocycles. The maximum Gasteiger partial charge on any atom is 0.280 e. The third kappa shape index (κ3) is 2.99. The van der Waals surface area contributed by atoms with E-state index < -0.39 is 11.1 Å². The number of furan rings is 1. The zero-order valence-electron chi connectivity index (χ0n) is 15.6. The molecule has 0 radical (unpaired) electrons. The standard InChI is InChI=1S/C20H18N4O4S/c1-23-9-8-12-16(10-23)29-20-17(12)19(25)21-18(22-20)15-7-6-14(28-15)11-4-2-3-5-13(11)24(26)27/h2-7,18,22H,8-10H2,1H3,(H,21,25). The minimum Gasteiger partial charge on any atom is -0.457 e. The smallest absolute Gasteiger partial charge is 0.280 e. The van der Waals surface area contributed by atoms with Gasteiger partial charge in [0.1, 0.15) is 16.5 Å². The van der Waals surface area contributed by atoms with Gasteiger partial charge in [0.05, 0.1) is 16.1 Å². The number of nitro benzene ring substituents is 1. The van der Waals surface area contributed by atoms with Crippen LogP contribution in [0.5, 0.6) is 0 Å². The number of fused-ring (bicyclic) bond motifs is 3. The number of carbonyl (C=O) groups is 1. The number of anilines is 1. The lowest BCUT2D eigenvalue weighted by atomic mass is 10.0. The Balaban J connectivity index is 1.46. The van der Waals surface area contributed by atoms with Crippen molar-refractivity contribution in [2.75, 3.05) is 18.9 Å². The molecule has 0 saturated heterocycles. The summed E-state index contributed by atoms with van der Waals surface area (Å²) in [5.74, 6) is 0.774. The monoisotopic (exact) mass is 410 g/mol. The number of thiophene rings is 1. The summed E-state index contributed by atoms with van der Waals surface area (Å²) in [6, 6.07) is 9.86. The first-order chi connectivity index (χ1) is 14.0. The third-order valence-electron chi connectivity index (χ3n) is 5.30. The second-order valence-corrected chi connectivity index (χ2v) is 8.33. The minimum atomic E-state index is -0.524. The van der Waals surface area contributed by atoms with Gasteiger partial charge in [-0.25, -0.2) is 0 Å². The van der Waals surface area contributed by atoms with Crippen molar-refractivity contribution in [3.8, 4) is 11.3 Å². The highest BCUT2D eigenvalue weighted by Gasteiger charge is 2.34. The molecule has 0 fully saturated rings. The molecule has 5 rings (SSSR count). The Morgan fingerprint density at radius 3 is 2.90 bits per heavy atom. The molecule has 2 aromatic heterocycles. The van der Waals surface area contributed by atoms with Crippen LogP contribution in [0.1, 0.15) is 32.7 Å². The number of rotatable bonds is 3. The van der Waals surface area contributed by atoms with Crippen molar-refractivity contribution in [3.63, 3.8) is 0 Å². The van der Waals surface area contributed by atoms with Gasteiger partial charge in [0.15, 0.2) is 6.17 Å². The summed E-state index contributed by atoms with van der Waals surface area (Å²) in [7, 11) is 2.07. The zero-order chi connectivity index (χ0) is 20.1. The van der Waals surface area contributed by atoms with E-state index in [9.17, 15) is 14.9 Å². The number of benzene rings is 1. The molecule has 1 aromatic carbocycles. The maximum absolute atomic E-state index is 12.8. The van der Waals surface area contributed by atoms with Gasteiger partial charge in [-0.3, -0.25) is 14.9 Å². The van der Waals surface area contributed by atoms with Gasteiger partial charge in [-0.1, -0.05) is 12.1 Å². The van der Waals surface area contributed by atoms with E-state index >= 15 is 0 Å². The van der Waals surface area contributed by atoms with E-state index in [1.165, 1.54) is 10.9 Å². The van der Waals surface area contributed by atoms with Crippen LogP contribution in [-0.2, 0) is 13.0 Å². The summed E-state index contributed by atoms with van der Waals surface area (Å²) in [6.45, 7) is 1.78. The molecule has 9 heteroatoms. The van der Waals surface area contributed by atoms with Crippen LogP contribution in [0.2, 0.25) is 0 Å². The van der Waals surface area contributed by atoms with E-state index in [1.54, 1.807) is 41.7 Å². The van der Waals surface area contributed by atoms with Crippen LogP contribution in [-0.4, -0.2) is 29.3 Å². The molecule has 0 aliphatic carbocycles. The molecular formula is C20H18N4O4S. The van der Waals surface area contributed by atoms with E-state index in [1.807, 2.05) is 0 Å². The molecule has 3 aromatic rings. The molecule has 0 bridgehead atoms. The number of amides is 1. The highest BCUT2D eigenvalue weighted by Crippen LogP contribution is 2.41. The molecule has 0 saturated carbocycles. The summed E-state index contributed by atoms with van der Waals surface area (Å²) in [4.78, 5) is 27.1. The number of nitrogens with one attached hydrogen (secondary N) is 2. The van der Waals surface area contributed by atoms with Crippen LogP contribution < -0.4 is 10.6 Å². The van der Waals surface area contributed by atoms with E-state index in [2.05, 4.69) is 22.6 Å². The summed E-state index contributed by atoms with van der Waals surface area (Å²) in [5, 5.41) is 18.5. The number of nitro groups is 1. The quantitative estimate of drug-likeness (QED) is 0.504. The fourth-order valence-corrected chi connectivity index (χ4v) is 5.23. The van der Waals surface area contributed by atoms with Gasteiger partial charge in [0, 0.05) is 24.0 Å². The molecule has 8 nitrogen and oxygen atoms in total. The Morgan fingerprint density at radius 1 is 1.24 bits per heavy atom. The van der Waals surface area contributed by atoms with Gasteiger partial charge < -0.3 is 20.0 Å². The van der Waals surface area contributed by atoms with E-state index in [0.717, 1.165) is 35.6 Å². The number of carbonyl (C=O) groups excluding carboxylic acids is 1. The van der Waals surface area contributed by atoms with Gasteiger partial charge in [-0.2, -0.15) is 0 Å². The molecule has 1 unspecified atom stereocenters. The fourth-order valence-electron chi connectivity index (χ4n) is 3.88. The van der Waals surface area contributed by atoms with Crippen LogP contribution in [0.25, 0.3) is 11.3 Å². The van der Waals surface area contributed by atoms with Crippen LogP contribution in [0.15, 0.2) is 40.8 Å². The molecule has 2 aliphatic rings. The largest absolute Gasteiger partial charge is 0.457 e. The van der Waals surface area contributed by atoms with E-state index in [4.69, 9.17) is 4.42 Å². The predicted octanol–water partition coefficient (Wildman–Crippen LogP) is 3.76. The normalized spacial score (nSPS) is 18.5. The van der Waals surface area contributed by atoms with E-state index in [0.29, 0.717) is 17.1 Å². The van der Waals surface area contributed by atoms with Crippen molar-refractivity contribution in [3.05, 3.63) is 68.3 Å². The number of likely N-dealkylation sites (N-methyl/N-ethyl adjacent to an activating group) is 1. The van der Waals surface area contributed by atoms with Crippen molar-refractivity contribution in [2.45, 2.75) is 19.1 Å². The SMILES string of the molecule is CN1CCc2c(sc3c2C(=O)NC(c2ccc(-c4ccccc4[N+](=O)[O-])o2)N3)C1. The number of nitrogens with zero attached hydrogens (tertiary/aromatic N) is 2. The number of para-hydroxylation sites is 1. The molecule has 29 heavy (non-hydrogen) atoms. The van der Waals surface area contributed by atoms with E-state index in [-0.39, 0.29) is 11.6 Å². The summed E-state index contributed by atoms with van der Waals surface area (Å²) >= 11 is 1.61. The van der Waals surface area contributed by atoms with Gasteiger partial charge in [0.25, 0.3) is 11.6 Å². The molecule has 2 aliphatic heterocycles. The summed E-state index contributed by atoms with van der Waals surface area (Å²) < 4.78 is 5.90. The lowest BCUT2D eigenvalue weighted by molar-refractivity contribution is -0.384. The molecule has 1 atom stereocenters. The van der Waals surface area contributed by atoms with Crippen LogP contribution in [0.4, 0.5) is 10.7 Å². The van der Waals surface area contributed by atoms with Crippen LogP contribution >= 0.6 is 11.3 Å². The summed E-state index contributed by atoms with van der Waals surface area (Å²) in [6.07, 6.45) is 0.337. The van der Waals surface area contributed by atoms with Crippen molar-refractivity contribution in [1.29, 1.82) is 0 Å². The number of hydrogen-bond donors (Lipinski definition) is 2. The third-order valence-corrected chi connectivity index (χ3v) is 6.45. The Morgan fingerprint density at radius 2 is 2.07 bits per heavy atom. The second kappa shape index (κ2) is 6.71. The lowest BCUT2D eigenvalue weighted by Gasteiger charge is -2.26. The minimum absolute atomic E-state index is 0.0219. The lowest BCUT2D eigenvalue weighted by Crippen LogP contribution is -2.38. The molecule has 2 N–H and O–H groups in total. The highest BCUT2D eigenvalue weighted by atomic mass is 32.1. The molecule has 148 valence electrons. The van der Waals surface area contributed by atoms with Gasteiger partial charge in [-0.05, 0) is 37.2 Å².